The first kappa shape index (κ1) is 20.8. The molecular formula is C25H26N4O2. The Labute approximate surface area is 181 Å². The number of carbonyl (C=O) groups is 2. The topological polar surface area (TPSA) is 102 Å². The molecule has 4 N–H and O–H groups in total. The Kier molecular flexibility index (Phi) is 6.09. The normalized spacial score (nSPS) is 16.8. The Morgan fingerprint density at radius 1 is 1.03 bits per heavy atom. The van der Waals surface area contributed by atoms with Gasteiger partial charge in [0.1, 0.15) is 0 Å². The molecule has 1 aromatic heterocycles. The summed E-state index contributed by atoms with van der Waals surface area (Å²) in [5.74, 6) is -0.407. The van der Waals surface area contributed by atoms with E-state index in [-0.39, 0.29) is 18.4 Å². The van der Waals surface area contributed by atoms with Crippen LogP contribution < -0.4 is 11.5 Å². The monoisotopic (exact) mass is 414 g/mol. The van der Waals surface area contributed by atoms with E-state index in [1.165, 1.54) is 5.56 Å². The molecule has 2 atom stereocenters. The average molecular weight is 415 g/mol. The number of aromatic nitrogens is 1. The number of primary amides is 1. The van der Waals surface area contributed by atoms with E-state index >= 15 is 0 Å². The quantitative estimate of drug-likeness (QED) is 0.643. The van der Waals surface area contributed by atoms with E-state index in [9.17, 15) is 9.59 Å². The highest BCUT2D eigenvalue weighted by Gasteiger charge is 2.30. The van der Waals surface area contributed by atoms with Gasteiger partial charge in [-0.3, -0.25) is 14.6 Å². The molecule has 1 aliphatic rings. The predicted octanol–water partition coefficient (Wildman–Crippen LogP) is 3.60. The number of pyridine rings is 1. The van der Waals surface area contributed by atoms with E-state index in [1.807, 2.05) is 47.4 Å². The van der Waals surface area contributed by atoms with Gasteiger partial charge < -0.3 is 16.4 Å². The fourth-order valence-corrected chi connectivity index (χ4v) is 4.15. The van der Waals surface area contributed by atoms with Gasteiger partial charge in [-0.1, -0.05) is 42.5 Å². The first-order chi connectivity index (χ1) is 15.0. The number of hydrogen-bond acceptors (Lipinski definition) is 4. The molecule has 1 fully saturated rings. The van der Waals surface area contributed by atoms with E-state index < -0.39 is 11.9 Å². The smallest absolute Gasteiger partial charge is 0.248 e. The van der Waals surface area contributed by atoms with Crippen molar-refractivity contribution in [1.82, 2.24) is 9.88 Å². The zero-order chi connectivity index (χ0) is 21.8. The number of hydrogen-bond donors (Lipinski definition) is 2. The highest BCUT2D eigenvalue weighted by molar-refractivity contribution is 5.93. The number of rotatable bonds is 6. The van der Waals surface area contributed by atoms with E-state index in [4.69, 9.17) is 11.5 Å². The van der Waals surface area contributed by atoms with E-state index in [2.05, 4.69) is 17.1 Å². The SMILES string of the molecule is NC(=O)c1ccc(-c2ccnc(C(N)CC(=O)N3CCCC3c3ccccc3)c2)cc1. The molecule has 2 unspecified atom stereocenters. The molecule has 4 rings (SSSR count). The Morgan fingerprint density at radius 2 is 1.77 bits per heavy atom. The van der Waals surface area contributed by atoms with Gasteiger partial charge in [0, 0.05) is 24.7 Å². The van der Waals surface area contributed by atoms with Crippen LogP contribution in [0, 0.1) is 0 Å². The molecule has 6 heteroatoms. The van der Waals surface area contributed by atoms with Crippen LogP contribution in [-0.2, 0) is 4.79 Å². The van der Waals surface area contributed by atoms with E-state index in [0.717, 1.165) is 30.5 Å². The second kappa shape index (κ2) is 9.10. The van der Waals surface area contributed by atoms with Gasteiger partial charge in [-0.15, -0.1) is 0 Å². The minimum Gasteiger partial charge on any atom is -0.366 e. The van der Waals surface area contributed by atoms with Crippen LogP contribution in [0.2, 0.25) is 0 Å². The molecule has 0 spiro atoms. The van der Waals surface area contributed by atoms with Crippen molar-refractivity contribution in [3.8, 4) is 11.1 Å². The molecule has 3 aromatic rings. The van der Waals surface area contributed by atoms with Crippen LogP contribution in [0.4, 0.5) is 0 Å². The van der Waals surface area contributed by atoms with Crippen LogP contribution in [0.3, 0.4) is 0 Å². The van der Waals surface area contributed by atoms with Crippen molar-refractivity contribution in [1.29, 1.82) is 0 Å². The van der Waals surface area contributed by atoms with Gasteiger partial charge in [0.2, 0.25) is 11.8 Å². The number of nitrogens with zero attached hydrogens (tertiary/aromatic N) is 2. The Balaban J connectivity index is 1.47. The van der Waals surface area contributed by atoms with Crippen molar-refractivity contribution in [2.75, 3.05) is 6.54 Å². The first-order valence-corrected chi connectivity index (χ1v) is 10.5. The fraction of sp³-hybridized carbons (Fsp3) is 0.240. The number of carbonyl (C=O) groups excluding carboxylic acids is 2. The Morgan fingerprint density at radius 3 is 2.48 bits per heavy atom. The highest BCUT2D eigenvalue weighted by Crippen LogP contribution is 2.33. The molecule has 31 heavy (non-hydrogen) atoms. The highest BCUT2D eigenvalue weighted by atomic mass is 16.2. The summed E-state index contributed by atoms with van der Waals surface area (Å²) in [5, 5.41) is 0. The summed E-state index contributed by atoms with van der Waals surface area (Å²) >= 11 is 0. The lowest BCUT2D eigenvalue weighted by Crippen LogP contribution is -2.33. The standard InChI is InChI=1S/C25H26N4O2/c26-21(16-24(30)29-14-4-7-23(29)18-5-2-1-3-6-18)22-15-20(12-13-28-22)17-8-10-19(11-9-17)25(27)31/h1-3,5-6,8-13,15,21,23H,4,7,14,16,26H2,(H2,27,31). The van der Waals surface area contributed by atoms with Gasteiger partial charge in [-0.25, -0.2) is 0 Å². The molecule has 6 nitrogen and oxygen atoms in total. The molecule has 158 valence electrons. The maximum Gasteiger partial charge on any atom is 0.248 e. The number of nitrogens with two attached hydrogens (primary N) is 2. The maximum atomic E-state index is 13.0. The summed E-state index contributed by atoms with van der Waals surface area (Å²) in [4.78, 5) is 30.7. The largest absolute Gasteiger partial charge is 0.366 e. The van der Waals surface area contributed by atoms with Crippen molar-refractivity contribution >= 4 is 11.8 Å². The summed E-state index contributed by atoms with van der Waals surface area (Å²) in [5.41, 5.74) is 15.8. The second-order valence-corrected chi connectivity index (χ2v) is 7.88. The lowest BCUT2D eigenvalue weighted by atomic mass is 10.0. The Bertz CT molecular complexity index is 1070. The van der Waals surface area contributed by atoms with Crippen LogP contribution >= 0.6 is 0 Å². The van der Waals surface area contributed by atoms with E-state index in [1.54, 1.807) is 18.3 Å². The zero-order valence-electron chi connectivity index (χ0n) is 17.3. The summed E-state index contributed by atoms with van der Waals surface area (Å²) in [6, 6.07) is 20.6. The average Bonchev–Trinajstić information content (AvgIpc) is 3.30. The molecule has 0 bridgehead atoms. The molecule has 2 aromatic carbocycles. The van der Waals surface area contributed by atoms with Crippen molar-refractivity contribution in [2.24, 2.45) is 11.5 Å². The number of benzene rings is 2. The van der Waals surface area contributed by atoms with Crippen molar-refractivity contribution in [3.63, 3.8) is 0 Å². The molecule has 2 heterocycles. The van der Waals surface area contributed by atoms with Crippen LogP contribution in [0.15, 0.2) is 72.9 Å². The molecule has 1 aliphatic heterocycles. The van der Waals surface area contributed by atoms with Crippen LogP contribution in [-0.4, -0.2) is 28.2 Å². The molecule has 0 aliphatic carbocycles. The fourth-order valence-electron chi connectivity index (χ4n) is 4.15. The van der Waals surface area contributed by atoms with Gasteiger partial charge in [-0.2, -0.15) is 0 Å². The Hall–Kier alpha value is -3.51. The summed E-state index contributed by atoms with van der Waals surface area (Å²) < 4.78 is 0. The number of likely N-dealkylation sites (tertiary alicyclic amines) is 1. The summed E-state index contributed by atoms with van der Waals surface area (Å²) in [6.45, 7) is 0.755. The van der Waals surface area contributed by atoms with Crippen molar-refractivity contribution in [2.45, 2.75) is 31.3 Å². The maximum absolute atomic E-state index is 13.0. The lowest BCUT2D eigenvalue weighted by Gasteiger charge is -2.26. The summed E-state index contributed by atoms with van der Waals surface area (Å²) in [7, 11) is 0. The van der Waals surface area contributed by atoms with Crippen LogP contribution in [0.1, 0.15) is 53.0 Å². The van der Waals surface area contributed by atoms with Crippen molar-refractivity contribution < 1.29 is 9.59 Å². The minimum absolute atomic E-state index is 0.0527. The third-order valence-corrected chi connectivity index (χ3v) is 5.82. The van der Waals surface area contributed by atoms with E-state index in [0.29, 0.717) is 11.3 Å². The zero-order valence-corrected chi connectivity index (χ0v) is 17.3. The summed E-state index contributed by atoms with van der Waals surface area (Å²) in [6.07, 6.45) is 3.87. The minimum atomic E-state index is -0.491. The first-order valence-electron chi connectivity index (χ1n) is 10.5. The third kappa shape index (κ3) is 4.64. The van der Waals surface area contributed by atoms with Gasteiger partial charge in [-0.05, 0) is 53.8 Å². The van der Waals surface area contributed by atoms with Gasteiger partial charge in [0.15, 0.2) is 0 Å². The second-order valence-electron chi connectivity index (χ2n) is 7.88. The molecule has 2 amide bonds. The van der Waals surface area contributed by atoms with Crippen LogP contribution in [0.25, 0.3) is 11.1 Å². The van der Waals surface area contributed by atoms with Crippen molar-refractivity contribution in [3.05, 3.63) is 89.7 Å². The lowest BCUT2D eigenvalue weighted by molar-refractivity contribution is -0.132. The molecule has 0 radical (unpaired) electrons. The number of amides is 2. The van der Waals surface area contributed by atoms with Gasteiger partial charge >= 0.3 is 0 Å². The van der Waals surface area contributed by atoms with Crippen LogP contribution in [0.5, 0.6) is 0 Å². The molecule has 0 saturated carbocycles. The molecule has 1 saturated heterocycles. The van der Waals surface area contributed by atoms with Gasteiger partial charge in [0.25, 0.3) is 0 Å². The predicted molar refractivity (Wildman–Crippen MR) is 120 cm³/mol. The molecular weight excluding hydrogens is 388 g/mol. The van der Waals surface area contributed by atoms with Gasteiger partial charge in [0.05, 0.1) is 17.8 Å². The third-order valence-electron chi connectivity index (χ3n) is 5.82.